The second kappa shape index (κ2) is 7.14. The summed E-state index contributed by atoms with van der Waals surface area (Å²) in [6.07, 6.45) is 0. The Morgan fingerprint density at radius 2 is 2.36 bits per heavy atom. The van der Waals surface area contributed by atoms with Crippen LogP contribution in [0.2, 0.25) is 0 Å². The molecule has 6 heteroatoms. The average Bonchev–Trinajstić information content (AvgIpc) is 2.21. The van der Waals surface area contributed by atoms with Gasteiger partial charge in [0, 0.05) is 19.1 Å². The highest BCUT2D eigenvalue weighted by atomic mass is 16.5. The Morgan fingerprint density at radius 1 is 1.71 bits per heavy atom. The van der Waals surface area contributed by atoms with Gasteiger partial charge >= 0.3 is 0 Å². The van der Waals surface area contributed by atoms with Gasteiger partial charge in [-0.3, -0.25) is 4.79 Å². The van der Waals surface area contributed by atoms with E-state index in [-0.39, 0.29) is 24.3 Å². The van der Waals surface area contributed by atoms with Gasteiger partial charge in [-0.15, -0.1) is 0 Å². The number of carbonyl (C=O) groups is 1. The van der Waals surface area contributed by atoms with E-state index in [0.717, 1.165) is 0 Å². The van der Waals surface area contributed by atoms with Crippen molar-refractivity contribution in [2.24, 2.45) is 16.8 Å². The molecule has 4 N–H and O–H groups in total. The predicted octanol–water partition coefficient (Wildman–Crippen LogP) is -0.478. The molecule has 1 unspecified atom stereocenters. The number of hydrogen-bond acceptors (Lipinski definition) is 4. The van der Waals surface area contributed by atoms with Crippen molar-refractivity contribution < 1.29 is 14.7 Å². The number of ether oxygens (including phenoxy) is 1. The van der Waals surface area contributed by atoms with E-state index in [1.54, 1.807) is 6.92 Å². The Morgan fingerprint density at radius 3 is 2.86 bits per heavy atom. The molecule has 0 aliphatic carbocycles. The highest BCUT2D eigenvalue weighted by molar-refractivity contribution is 5.83. The average molecular weight is 203 g/mol. The Labute approximate surface area is 83.1 Å². The molecule has 0 aliphatic rings. The van der Waals surface area contributed by atoms with Crippen LogP contribution in [0, 0.1) is 5.92 Å². The topological polar surface area (TPSA) is 96.9 Å². The van der Waals surface area contributed by atoms with Crippen molar-refractivity contribution in [2.75, 3.05) is 19.8 Å². The third-order valence-corrected chi connectivity index (χ3v) is 1.66. The first-order valence-electron chi connectivity index (χ1n) is 4.43. The molecule has 6 nitrogen and oxygen atoms in total. The zero-order chi connectivity index (χ0) is 11.0. The first-order chi connectivity index (χ1) is 6.61. The summed E-state index contributed by atoms with van der Waals surface area (Å²) in [6, 6.07) is 0. The van der Waals surface area contributed by atoms with Gasteiger partial charge in [-0.1, -0.05) is 12.1 Å². The van der Waals surface area contributed by atoms with Gasteiger partial charge in [0.25, 0.3) is 0 Å². The lowest BCUT2D eigenvalue weighted by Gasteiger charge is -2.10. The zero-order valence-electron chi connectivity index (χ0n) is 8.49. The van der Waals surface area contributed by atoms with Crippen LogP contribution >= 0.6 is 0 Å². The van der Waals surface area contributed by atoms with E-state index in [0.29, 0.717) is 13.2 Å². The number of hydrogen-bond donors (Lipinski definition) is 3. The first-order valence-corrected chi connectivity index (χ1v) is 4.43. The minimum Gasteiger partial charge on any atom is -0.409 e. The number of amidine groups is 1. The fraction of sp³-hybridized carbons (Fsp3) is 0.750. The van der Waals surface area contributed by atoms with Crippen LogP contribution in [0.1, 0.15) is 13.8 Å². The fourth-order valence-corrected chi connectivity index (χ4v) is 0.716. The van der Waals surface area contributed by atoms with Crippen molar-refractivity contribution in [1.82, 2.24) is 5.32 Å². The predicted molar refractivity (Wildman–Crippen MR) is 52.1 cm³/mol. The van der Waals surface area contributed by atoms with Gasteiger partial charge in [0.2, 0.25) is 5.91 Å². The van der Waals surface area contributed by atoms with Crippen LogP contribution in [0.5, 0.6) is 0 Å². The Kier molecular flexibility index (Phi) is 6.47. The molecule has 0 spiro atoms. The SMILES string of the molecule is CCOCC(=O)NCC(C)C(N)=NO. The Balaban J connectivity index is 3.66. The van der Waals surface area contributed by atoms with Crippen molar-refractivity contribution in [3.8, 4) is 0 Å². The summed E-state index contributed by atoms with van der Waals surface area (Å²) in [6.45, 7) is 4.44. The maximum atomic E-state index is 11.0. The van der Waals surface area contributed by atoms with Crippen LogP contribution in [0.15, 0.2) is 5.16 Å². The fourth-order valence-electron chi connectivity index (χ4n) is 0.716. The number of nitrogens with two attached hydrogens (primary N) is 1. The normalized spacial score (nSPS) is 13.7. The van der Waals surface area contributed by atoms with Crippen molar-refractivity contribution in [3.05, 3.63) is 0 Å². The molecule has 0 rings (SSSR count). The van der Waals surface area contributed by atoms with Gasteiger partial charge < -0.3 is 21.0 Å². The minimum absolute atomic E-state index is 0.0411. The van der Waals surface area contributed by atoms with Gasteiger partial charge in [-0.25, -0.2) is 0 Å². The van der Waals surface area contributed by atoms with Gasteiger partial charge in [-0.05, 0) is 6.92 Å². The highest BCUT2D eigenvalue weighted by Crippen LogP contribution is 1.91. The van der Waals surface area contributed by atoms with Crippen LogP contribution in [-0.2, 0) is 9.53 Å². The summed E-state index contributed by atoms with van der Waals surface area (Å²) < 4.78 is 4.89. The molecule has 0 aromatic carbocycles. The number of carbonyl (C=O) groups excluding carboxylic acids is 1. The van der Waals surface area contributed by atoms with Gasteiger partial charge in [0.05, 0.1) is 0 Å². The molecule has 0 aromatic heterocycles. The third-order valence-electron chi connectivity index (χ3n) is 1.66. The zero-order valence-corrected chi connectivity index (χ0v) is 8.49. The number of nitrogens with one attached hydrogen (secondary N) is 1. The van der Waals surface area contributed by atoms with Gasteiger partial charge in [-0.2, -0.15) is 0 Å². The van der Waals surface area contributed by atoms with Gasteiger partial charge in [0.1, 0.15) is 12.4 Å². The van der Waals surface area contributed by atoms with E-state index in [1.165, 1.54) is 0 Å². The molecular weight excluding hydrogens is 186 g/mol. The maximum Gasteiger partial charge on any atom is 0.246 e. The van der Waals surface area contributed by atoms with E-state index in [4.69, 9.17) is 15.7 Å². The molecule has 0 saturated heterocycles. The van der Waals surface area contributed by atoms with Crippen molar-refractivity contribution in [3.63, 3.8) is 0 Å². The second-order valence-corrected chi connectivity index (χ2v) is 2.87. The Hall–Kier alpha value is -1.30. The molecule has 1 atom stereocenters. The van der Waals surface area contributed by atoms with E-state index in [1.807, 2.05) is 6.92 Å². The summed E-state index contributed by atoms with van der Waals surface area (Å²) in [5.74, 6) is -0.295. The summed E-state index contributed by atoms with van der Waals surface area (Å²) in [5.41, 5.74) is 5.32. The molecule has 0 saturated carbocycles. The second-order valence-electron chi connectivity index (χ2n) is 2.87. The molecule has 82 valence electrons. The Bertz CT molecular complexity index is 206. The molecule has 1 amide bonds. The summed E-state index contributed by atoms with van der Waals surface area (Å²) in [4.78, 5) is 11.0. The quantitative estimate of drug-likeness (QED) is 0.235. The lowest BCUT2D eigenvalue weighted by molar-refractivity contribution is -0.125. The summed E-state index contributed by atoms with van der Waals surface area (Å²) >= 11 is 0. The van der Waals surface area contributed by atoms with Crippen LogP contribution in [-0.4, -0.2) is 36.7 Å². The van der Waals surface area contributed by atoms with Crippen LogP contribution < -0.4 is 11.1 Å². The van der Waals surface area contributed by atoms with E-state index in [9.17, 15) is 4.79 Å². The molecule has 0 heterocycles. The van der Waals surface area contributed by atoms with Crippen LogP contribution in [0.25, 0.3) is 0 Å². The van der Waals surface area contributed by atoms with E-state index in [2.05, 4.69) is 10.5 Å². The molecule has 0 fully saturated rings. The largest absolute Gasteiger partial charge is 0.409 e. The van der Waals surface area contributed by atoms with E-state index < -0.39 is 0 Å². The lowest BCUT2D eigenvalue weighted by Crippen LogP contribution is -2.36. The highest BCUT2D eigenvalue weighted by Gasteiger charge is 2.09. The van der Waals surface area contributed by atoms with Crippen molar-refractivity contribution >= 4 is 11.7 Å². The molecule has 0 radical (unpaired) electrons. The third kappa shape index (κ3) is 5.36. The number of nitrogens with zero attached hydrogens (tertiary/aromatic N) is 1. The van der Waals surface area contributed by atoms with Crippen LogP contribution in [0.3, 0.4) is 0 Å². The molecule has 0 aliphatic heterocycles. The van der Waals surface area contributed by atoms with Crippen molar-refractivity contribution in [1.29, 1.82) is 0 Å². The summed E-state index contributed by atoms with van der Waals surface area (Å²) in [7, 11) is 0. The first kappa shape index (κ1) is 12.7. The molecule has 14 heavy (non-hydrogen) atoms. The monoisotopic (exact) mass is 203 g/mol. The molecule has 0 aromatic rings. The lowest BCUT2D eigenvalue weighted by atomic mass is 10.1. The molecule has 0 bridgehead atoms. The molecular formula is C8H17N3O3. The minimum atomic E-state index is -0.204. The summed E-state index contributed by atoms with van der Waals surface area (Å²) in [5, 5.41) is 13.8. The number of oxime groups is 1. The number of rotatable bonds is 6. The maximum absolute atomic E-state index is 11.0. The number of amides is 1. The van der Waals surface area contributed by atoms with Gasteiger partial charge in [0.15, 0.2) is 0 Å². The van der Waals surface area contributed by atoms with Crippen molar-refractivity contribution in [2.45, 2.75) is 13.8 Å². The van der Waals surface area contributed by atoms with E-state index >= 15 is 0 Å². The smallest absolute Gasteiger partial charge is 0.246 e. The standard InChI is InChI=1S/C8H17N3O3/c1-3-14-5-7(12)10-4-6(2)8(9)11-13/h6,13H,3-5H2,1-2H3,(H2,9,11)(H,10,12). The van der Waals surface area contributed by atoms with Crippen LogP contribution in [0.4, 0.5) is 0 Å².